The monoisotopic (exact) mass is 567 g/mol. The first-order valence-electron chi connectivity index (χ1n) is 13.5. The number of ether oxygens (including phenoxy) is 1. The standard InChI is InChI=1S/C28H34ClN7O4/c1-14-10-32-20(15(2)24(14)40-3)12-36-25-23-22(28(23,29)34-27(30)33-25)19(26(36)39)9-17-8-16(11-31-17)21(38)13-35-6-4-18(37)5-7-35/h8-11,18,22-23,26,31,37,39H,4-7,12-13H2,1-3H3,(H2,30,34)/b19-9-. The molecule has 3 fully saturated rings. The molecule has 4 atom stereocenters. The largest absolute Gasteiger partial charge is 0.496 e. The van der Waals surface area contributed by atoms with Crippen LogP contribution in [0.1, 0.15) is 45.7 Å². The number of carbonyl (C=O) groups excluding carboxylic acids is 1. The van der Waals surface area contributed by atoms with Gasteiger partial charge in [-0.05, 0) is 44.4 Å². The average Bonchev–Trinajstić information content (AvgIpc) is 3.26. The van der Waals surface area contributed by atoms with Gasteiger partial charge in [-0.2, -0.15) is 0 Å². The number of aromatic nitrogens is 2. The van der Waals surface area contributed by atoms with Gasteiger partial charge in [-0.1, -0.05) is 11.6 Å². The number of Topliss-reactive ketones (excluding diaryl/α,β-unsaturated/α-hetero) is 1. The third kappa shape index (κ3) is 4.50. The Labute approximate surface area is 237 Å². The molecule has 11 nitrogen and oxygen atoms in total. The summed E-state index contributed by atoms with van der Waals surface area (Å²) in [6.45, 7) is 5.84. The van der Waals surface area contributed by atoms with E-state index >= 15 is 0 Å². The van der Waals surface area contributed by atoms with E-state index in [4.69, 9.17) is 22.1 Å². The molecule has 0 amide bonds. The van der Waals surface area contributed by atoms with Crippen LogP contribution in [-0.2, 0) is 6.54 Å². The lowest BCUT2D eigenvalue weighted by molar-refractivity contribution is 0.0668. The fourth-order valence-electron chi connectivity index (χ4n) is 6.27. The number of methoxy groups -OCH3 is 1. The summed E-state index contributed by atoms with van der Waals surface area (Å²) in [5, 5.41) is 21.4. The number of pyridine rings is 1. The molecule has 4 aliphatic rings. The van der Waals surface area contributed by atoms with E-state index in [9.17, 15) is 15.0 Å². The van der Waals surface area contributed by atoms with Crippen molar-refractivity contribution in [3.63, 3.8) is 0 Å². The molecular weight excluding hydrogens is 534 g/mol. The van der Waals surface area contributed by atoms with Crippen molar-refractivity contribution in [3.8, 4) is 5.75 Å². The minimum Gasteiger partial charge on any atom is -0.496 e. The summed E-state index contributed by atoms with van der Waals surface area (Å²) >= 11 is 6.96. The number of nitrogens with zero attached hydrogens (tertiary/aromatic N) is 5. The maximum absolute atomic E-state index is 12.9. The van der Waals surface area contributed by atoms with Crippen LogP contribution in [0.4, 0.5) is 0 Å². The molecule has 2 saturated heterocycles. The zero-order chi connectivity index (χ0) is 28.3. The van der Waals surface area contributed by atoms with Crippen molar-refractivity contribution in [1.29, 1.82) is 0 Å². The van der Waals surface area contributed by atoms with E-state index < -0.39 is 11.2 Å². The molecule has 6 rings (SSSR count). The number of alkyl halides is 1. The summed E-state index contributed by atoms with van der Waals surface area (Å²) in [5.74, 6) is 0.884. The number of aliphatic imine (C=N–C) groups is 2. The summed E-state index contributed by atoms with van der Waals surface area (Å²) in [7, 11) is 1.63. The molecule has 5 heterocycles. The van der Waals surface area contributed by atoms with Crippen LogP contribution in [0.3, 0.4) is 0 Å². The number of ketones is 1. The van der Waals surface area contributed by atoms with E-state index in [1.54, 1.807) is 30.5 Å². The van der Waals surface area contributed by atoms with Crippen LogP contribution in [0.25, 0.3) is 6.08 Å². The lowest BCUT2D eigenvalue weighted by atomic mass is 9.99. The molecule has 40 heavy (non-hydrogen) atoms. The first-order valence-corrected chi connectivity index (χ1v) is 13.9. The highest BCUT2D eigenvalue weighted by molar-refractivity contribution is 6.31. The number of hydrogen-bond acceptors (Lipinski definition) is 10. The van der Waals surface area contributed by atoms with Crippen molar-refractivity contribution in [3.05, 3.63) is 52.1 Å². The highest BCUT2D eigenvalue weighted by Gasteiger charge is 2.74. The van der Waals surface area contributed by atoms with E-state index in [0.29, 0.717) is 55.1 Å². The smallest absolute Gasteiger partial charge is 0.218 e. The number of nitrogens with two attached hydrogens (primary N) is 1. The third-order valence-electron chi connectivity index (χ3n) is 8.48. The highest BCUT2D eigenvalue weighted by Crippen LogP contribution is 2.66. The second-order valence-corrected chi connectivity index (χ2v) is 11.7. The molecule has 3 aliphatic heterocycles. The molecule has 0 aromatic carbocycles. The molecule has 5 N–H and O–H groups in total. The molecular formula is C28H34ClN7O4. The fraction of sp³-hybridized carbons (Fsp3) is 0.500. The number of hydrogen-bond donors (Lipinski definition) is 4. The number of amidine groups is 1. The number of guanidine groups is 1. The van der Waals surface area contributed by atoms with Crippen molar-refractivity contribution in [2.75, 3.05) is 26.7 Å². The zero-order valence-electron chi connectivity index (χ0n) is 22.8. The summed E-state index contributed by atoms with van der Waals surface area (Å²) in [4.78, 5) is 32.5. The van der Waals surface area contributed by atoms with E-state index in [1.165, 1.54) is 0 Å². The van der Waals surface area contributed by atoms with Crippen LogP contribution in [0.15, 0.2) is 34.0 Å². The van der Waals surface area contributed by atoms with Gasteiger partial charge >= 0.3 is 0 Å². The first kappa shape index (κ1) is 26.9. The molecule has 2 aromatic rings. The number of H-pyrrole nitrogens is 1. The number of piperidine rings is 2. The predicted octanol–water partition coefficient (Wildman–Crippen LogP) is 1.80. The van der Waals surface area contributed by atoms with E-state index in [1.807, 2.05) is 19.9 Å². The lowest BCUT2D eigenvalue weighted by Gasteiger charge is -2.36. The number of aliphatic hydroxyl groups excluding tert-OH is 2. The van der Waals surface area contributed by atoms with Crippen molar-refractivity contribution in [1.82, 2.24) is 19.8 Å². The van der Waals surface area contributed by atoms with Crippen molar-refractivity contribution < 1.29 is 19.7 Å². The molecule has 212 valence electrons. The van der Waals surface area contributed by atoms with Crippen LogP contribution in [0, 0.1) is 25.7 Å². The summed E-state index contributed by atoms with van der Waals surface area (Å²) in [6, 6.07) is 1.79. The number of fused-ring (bicyclic) bond motifs is 1. The third-order valence-corrected chi connectivity index (χ3v) is 9.03. The van der Waals surface area contributed by atoms with Gasteiger partial charge in [0.25, 0.3) is 0 Å². The van der Waals surface area contributed by atoms with Crippen molar-refractivity contribution in [2.24, 2.45) is 27.6 Å². The van der Waals surface area contributed by atoms with Gasteiger partial charge in [0, 0.05) is 53.8 Å². The number of nitrogens with one attached hydrogen (secondary N) is 1. The van der Waals surface area contributed by atoms with Crippen LogP contribution in [0.2, 0.25) is 0 Å². The number of aryl methyl sites for hydroxylation is 1. The second-order valence-electron chi connectivity index (χ2n) is 11.1. The average molecular weight is 568 g/mol. The molecule has 1 saturated carbocycles. The summed E-state index contributed by atoms with van der Waals surface area (Å²) < 4.78 is 5.58. The SMILES string of the molecule is COc1c(C)cnc(CN2C3=NC(N)=NC4(Cl)C3C4/C(=C/c3cc(C(=O)CN4CCC(O)CC4)c[nH]3)C2O)c1C. The normalized spacial score (nSPS) is 29.2. The number of aromatic amines is 1. The Bertz CT molecular complexity index is 1440. The number of likely N-dealkylation sites (tertiary alicyclic amines) is 2. The minimum absolute atomic E-state index is 0.00123. The number of halogens is 1. The van der Waals surface area contributed by atoms with Crippen LogP contribution >= 0.6 is 11.6 Å². The van der Waals surface area contributed by atoms with Gasteiger partial charge in [0.1, 0.15) is 11.6 Å². The minimum atomic E-state index is -1.06. The quantitative estimate of drug-likeness (QED) is 0.224. The first-order chi connectivity index (χ1) is 19.1. The van der Waals surface area contributed by atoms with Gasteiger partial charge in [-0.15, -0.1) is 0 Å². The Kier molecular flexibility index (Phi) is 6.73. The molecule has 0 radical (unpaired) electrons. The van der Waals surface area contributed by atoms with Gasteiger partial charge < -0.3 is 30.6 Å². The van der Waals surface area contributed by atoms with Crippen LogP contribution in [0.5, 0.6) is 5.75 Å². The highest BCUT2D eigenvalue weighted by atomic mass is 35.5. The topological polar surface area (TPSA) is 153 Å². The number of aliphatic hydroxyl groups is 2. The maximum Gasteiger partial charge on any atom is 0.218 e. The number of carbonyl (C=O) groups is 1. The molecule has 12 heteroatoms. The molecule has 0 bridgehead atoms. The van der Waals surface area contributed by atoms with E-state index in [0.717, 1.165) is 22.6 Å². The van der Waals surface area contributed by atoms with E-state index in [-0.39, 0.29) is 36.2 Å². The Morgan fingerprint density at radius 2 is 2.05 bits per heavy atom. The van der Waals surface area contributed by atoms with Crippen molar-refractivity contribution in [2.45, 2.75) is 50.6 Å². The zero-order valence-corrected chi connectivity index (χ0v) is 23.5. The Hall–Kier alpha value is -3.25. The fourth-order valence-corrected chi connectivity index (χ4v) is 6.77. The van der Waals surface area contributed by atoms with Gasteiger partial charge in [0.05, 0.1) is 37.9 Å². The maximum atomic E-state index is 12.9. The Balaban J connectivity index is 1.28. The van der Waals surface area contributed by atoms with Gasteiger partial charge in [0.15, 0.2) is 17.0 Å². The van der Waals surface area contributed by atoms with Crippen LogP contribution in [-0.4, -0.2) is 91.6 Å². The second kappa shape index (κ2) is 9.99. The lowest BCUT2D eigenvalue weighted by Crippen LogP contribution is -2.47. The predicted molar refractivity (Wildman–Crippen MR) is 151 cm³/mol. The van der Waals surface area contributed by atoms with E-state index in [2.05, 4.69) is 24.9 Å². The number of rotatable bonds is 7. The molecule has 2 aromatic heterocycles. The van der Waals surface area contributed by atoms with Gasteiger partial charge in [-0.25, -0.2) is 9.98 Å². The van der Waals surface area contributed by atoms with Gasteiger partial charge in [-0.3, -0.25) is 14.7 Å². The summed E-state index contributed by atoms with van der Waals surface area (Å²) in [5.41, 5.74) is 10.5. The summed E-state index contributed by atoms with van der Waals surface area (Å²) in [6.07, 6.45) is 5.30. The van der Waals surface area contributed by atoms with Gasteiger partial charge in [0.2, 0.25) is 5.96 Å². The van der Waals surface area contributed by atoms with Crippen molar-refractivity contribution >= 4 is 35.3 Å². The molecule has 4 unspecified atom stereocenters. The van der Waals surface area contributed by atoms with Crippen LogP contribution < -0.4 is 10.5 Å². The Morgan fingerprint density at radius 3 is 2.77 bits per heavy atom. The molecule has 0 spiro atoms. The molecule has 1 aliphatic carbocycles. The Morgan fingerprint density at radius 1 is 1.30 bits per heavy atom.